The van der Waals surface area contributed by atoms with Gasteiger partial charge in [-0.3, -0.25) is 0 Å². The Morgan fingerprint density at radius 2 is 2.36 bits per heavy atom. The Bertz CT molecular complexity index is 309. The third-order valence-corrected chi connectivity index (χ3v) is 2.99. The van der Waals surface area contributed by atoms with Gasteiger partial charge in [0.1, 0.15) is 0 Å². The Labute approximate surface area is 85.7 Å². The lowest BCUT2D eigenvalue weighted by Crippen LogP contribution is -2.22. The fourth-order valence-electron chi connectivity index (χ4n) is 2.08. The maximum absolute atomic E-state index is 5.68. The molecule has 1 aromatic rings. The topological polar surface area (TPSA) is 29.3 Å². The highest BCUT2D eigenvalue weighted by Crippen LogP contribution is 2.23. The van der Waals surface area contributed by atoms with E-state index >= 15 is 0 Å². The second-order valence-corrected chi connectivity index (χ2v) is 4.18. The molecule has 0 amide bonds. The summed E-state index contributed by atoms with van der Waals surface area (Å²) in [5, 5.41) is 0. The summed E-state index contributed by atoms with van der Waals surface area (Å²) in [7, 11) is 0. The van der Waals surface area contributed by atoms with Crippen LogP contribution in [0.5, 0.6) is 0 Å². The maximum atomic E-state index is 5.68. The van der Waals surface area contributed by atoms with Crippen molar-refractivity contribution >= 4 is 5.69 Å². The molecule has 2 N–H and O–H groups in total. The van der Waals surface area contributed by atoms with Crippen LogP contribution in [0, 0.1) is 12.8 Å². The molecule has 0 radical (unpaired) electrons. The highest BCUT2D eigenvalue weighted by molar-refractivity contribution is 5.49. The molecule has 76 valence electrons. The molecule has 1 fully saturated rings. The van der Waals surface area contributed by atoms with Crippen LogP contribution in [0.15, 0.2) is 24.3 Å². The Morgan fingerprint density at radius 3 is 3.00 bits per heavy atom. The van der Waals surface area contributed by atoms with Gasteiger partial charge >= 0.3 is 0 Å². The fourth-order valence-corrected chi connectivity index (χ4v) is 2.08. The number of rotatable bonds is 2. The first-order valence-corrected chi connectivity index (χ1v) is 5.31. The third-order valence-electron chi connectivity index (χ3n) is 2.99. The van der Waals surface area contributed by atoms with E-state index in [1.807, 2.05) is 0 Å². The zero-order valence-electron chi connectivity index (χ0n) is 8.74. The van der Waals surface area contributed by atoms with Gasteiger partial charge in [0.25, 0.3) is 0 Å². The Balaban J connectivity index is 2.09. The van der Waals surface area contributed by atoms with Crippen LogP contribution >= 0.6 is 0 Å². The van der Waals surface area contributed by atoms with Gasteiger partial charge in [0.2, 0.25) is 0 Å². The summed E-state index contributed by atoms with van der Waals surface area (Å²) in [5.74, 6) is 0.690. The zero-order valence-corrected chi connectivity index (χ0v) is 8.74. The summed E-state index contributed by atoms with van der Waals surface area (Å²) in [6, 6.07) is 8.70. The smallest absolute Gasteiger partial charge is 0.0368 e. The van der Waals surface area contributed by atoms with Crippen LogP contribution in [0.1, 0.15) is 12.0 Å². The largest absolute Gasteiger partial charge is 0.371 e. The average Bonchev–Trinajstić information content (AvgIpc) is 2.66. The predicted octanol–water partition coefficient (Wildman–Crippen LogP) is 1.78. The quantitative estimate of drug-likeness (QED) is 0.770. The van der Waals surface area contributed by atoms with Gasteiger partial charge in [-0.05, 0) is 43.5 Å². The molecule has 0 aromatic heterocycles. The van der Waals surface area contributed by atoms with Gasteiger partial charge in [-0.2, -0.15) is 0 Å². The maximum Gasteiger partial charge on any atom is 0.0368 e. The van der Waals surface area contributed by atoms with Crippen LogP contribution in [-0.2, 0) is 0 Å². The summed E-state index contributed by atoms with van der Waals surface area (Å²) in [5.41, 5.74) is 8.36. The number of nitrogens with zero attached hydrogens (tertiary/aromatic N) is 1. The molecule has 1 atom stereocenters. The van der Waals surface area contributed by atoms with Crippen LogP contribution in [0.3, 0.4) is 0 Å². The normalized spacial score (nSPS) is 21.6. The number of benzene rings is 1. The first kappa shape index (κ1) is 9.53. The van der Waals surface area contributed by atoms with E-state index in [0.29, 0.717) is 5.92 Å². The highest BCUT2D eigenvalue weighted by atomic mass is 15.2. The molecule has 0 aliphatic carbocycles. The molecule has 0 spiro atoms. The molecule has 1 saturated heterocycles. The summed E-state index contributed by atoms with van der Waals surface area (Å²) in [4.78, 5) is 2.44. The summed E-state index contributed by atoms with van der Waals surface area (Å²) >= 11 is 0. The van der Waals surface area contributed by atoms with Crippen molar-refractivity contribution in [2.45, 2.75) is 13.3 Å². The molecule has 1 heterocycles. The first-order chi connectivity index (χ1) is 6.79. The van der Waals surface area contributed by atoms with E-state index in [-0.39, 0.29) is 0 Å². The van der Waals surface area contributed by atoms with Crippen LogP contribution in [-0.4, -0.2) is 19.6 Å². The Hall–Kier alpha value is -1.02. The van der Waals surface area contributed by atoms with E-state index in [4.69, 9.17) is 5.73 Å². The van der Waals surface area contributed by atoms with Crippen LogP contribution in [0.25, 0.3) is 0 Å². The number of hydrogen-bond acceptors (Lipinski definition) is 2. The van der Waals surface area contributed by atoms with Crippen molar-refractivity contribution in [2.75, 3.05) is 24.5 Å². The minimum absolute atomic E-state index is 0.690. The lowest BCUT2D eigenvalue weighted by molar-refractivity contribution is 0.602. The molecule has 0 saturated carbocycles. The van der Waals surface area contributed by atoms with Gasteiger partial charge in [0.15, 0.2) is 0 Å². The lowest BCUT2D eigenvalue weighted by atomic mass is 10.1. The second-order valence-electron chi connectivity index (χ2n) is 4.18. The summed E-state index contributed by atoms with van der Waals surface area (Å²) < 4.78 is 0. The average molecular weight is 190 g/mol. The highest BCUT2D eigenvalue weighted by Gasteiger charge is 2.20. The number of hydrogen-bond donors (Lipinski definition) is 1. The molecule has 14 heavy (non-hydrogen) atoms. The van der Waals surface area contributed by atoms with E-state index in [9.17, 15) is 0 Å². The zero-order chi connectivity index (χ0) is 9.97. The third kappa shape index (κ3) is 1.90. The Kier molecular flexibility index (Phi) is 2.73. The van der Waals surface area contributed by atoms with Gasteiger partial charge in [-0.15, -0.1) is 0 Å². The van der Waals surface area contributed by atoms with Crippen molar-refractivity contribution in [1.29, 1.82) is 0 Å². The summed E-state index contributed by atoms with van der Waals surface area (Å²) in [6.45, 7) is 5.24. The number of aryl methyl sites for hydroxylation is 1. The van der Waals surface area contributed by atoms with Crippen LogP contribution < -0.4 is 10.6 Å². The van der Waals surface area contributed by atoms with E-state index < -0.39 is 0 Å². The molecular weight excluding hydrogens is 172 g/mol. The van der Waals surface area contributed by atoms with Crippen molar-refractivity contribution in [3.63, 3.8) is 0 Å². The molecule has 1 aliphatic rings. The minimum Gasteiger partial charge on any atom is -0.371 e. The van der Waals surface area contributed by atoms with Crippen LogP contribution in [0.4, 0.5) is 5.69 Å². The number of anilines is 1. The lowest BCUT2D eigenvalue weighted by Gasteiger charge is -2.18. The van der Waals surface area contributed by atoms with Gasteiger partial charge in [-0.1, -0.05) is 12.1 Å². The molecule has 2 rings (SSSR count). The Morgan fingerprint density at radius 1 is 1.50 bits per heavy atom. The van der Waals surface area contributed by atoms with Gasteiger partial charge < -0.3 is 10.6 Å². The SMILES string of the molecule is Cc1cccc(N2CCC(CN)C2)c1. The monoisotopic (exact) mass is 190 g/mol. The van der Waals surface area contributed by atoms with Crippen molar-refractivity contribution in [2.24, 2.45) is 11.7 Å². The second kappa shape index (κ2) is 4.01. The van der Waals surface area contributed by atoms with Crippen molar-refractivity contribution < 1.29 is 0 Å². The fraction of sp³-hybridized carbons (Fsp3) is 0.500. The van der Waals surface area contributed by atoms with Crippen LogP contribution in [0.2, 0.25) is 0 Å². The molecule has 2 heteroatoms. The predicted molar refractivity (Wildman–Crippen MR) is 60.6 cm³/mol. The standard InChI is InChI=1S/C12H18N2/c1-10-3-2-4-12(7-10)14-6-5-11(8-13)9-14/h2-4,7,11H,5-6,8-9,13H2,1H3. The van der Waals surface area contributed by atoms with E-state index in [0.717, 1.165) is 19.6 Å². The number of nitrogens with two attached hydrogens (primary N) is 1. The minimum atomic E-state index is 0.690. The van der Waals surface area contributed by atoms with Gasteiger partial charge in [0, 0.05) is 18.8 Å². The van der Waals surface area contributed by atoms with Crippen molar-refractivity contribution in [3.05, 3.63) is 29.8 Å². The molecule has 1 aromatic carbocycles. The molecule has 1 unspecified atom stereocenters. The van der Waals surface area contributed by atoms with E-state index in [1.165, 1.54) is 17.7 Å². The van der Waals surface area contributed by atoms with E-state index in [1.54, 1.807) is 0 Å². The molecule has 0 bridgehead atoms. The summed E-state index contributed by atoms with van der Waals surface area (Å²) in [6.07, 6.45) is 1.24. The van der Waals surface area contributed by atoms with Gasteiger partial charge in [-0.25, -0.2) is 0 Å². The molecule has 1 aliphatic heterocycles. The van der Waals surface area contributed by atoms with Crippen molar-refractivity contribution in [1.82, 2.24) is 0 Å². The van der Waals surface area contributed by atoms with E-state index in [2.05, 4.69) is 36.1 Å². The molecular formula is C12H18N2. The molecule has 2 nitrogen and oxygen atoms in total. The first-order valence-electron chi connectivity index (χ1n) is 5.31. The van der Waals surface area contributed by atoms with Gasteiger partial charge in [0.05, 0.1) is 0 Å². The van der Waals surface area contributed by atoms with Crippen molar-refractivity contribution in [3.8, 4) is 0 Å².